The Morgan fingerprint density at radius 2 is 2.05 bits per heavy atom. The summed E-state index contributed by atoms with van der Waals surface area (Å²) >= 11 is 0. The van der Waals surface area contributed by atoms with Gasteiger partial charge in [0.05, 0.1) is 0 Å². The van der Waals surface area contributed by atoms with Crippen molar-refractivity contribution in [3.05, 3.63) is 47.5 Å². The summed E-state index contributed by atoms with van der Waals surface area (Å²) < 4.78 is 0. The smallest absolute Gasteiger partial charge is 0.254 e. The lowest BCUT2D eigenvalue weighted by Crippen LogP contribution is -2.42. The number of nitrogens with zero attached hydrogens (tertiary/aromatic N) is 1. The van der Waals surface area contributed by atoms with Crippen LogP contribution in [0.2, 0.25) is 0 Å². The van der Waals surface area contributed by atoms with Crippen molar-refractivity contribution < 1.29 is 4.79 Å². The molecular weight excluding hydrogens is 248 g/mol. The summed E-state index contributed by atoms with van der Waals surface area (Å²) in [5, 5.41) is 3.41. The van der Waals surface area contributed by atoms with Gasteiger partial charge in [-0.05, 0) is 44.4 Å². The van der Waals surface area contributed by atoms with Gasteiger partial charge in [0, 0.05) is 30.7 Å². The molecule has 0 aromatic heterocycles. The first-order valence-electron chi connectivity index (χ1n) is 7.16. The van der Waals surface area contributed by atoms with E-state index < -0.39 is 0 Å². The number of carbonyl (C=O) groups excluding carboxylic acids is 1. The topological polar surface area (TPSA) is 32.3 Å². The van der Waals surface area contributed by atoms with Crippen LogP contribution in [0, 0.1) is 0 Å². The lowest BCUT2D eigenvalue weighted by molar-refractivity contribution is 0.0754. The molecule has 0 radical (unpaired) electrons. The zero-order valence-electron chi connectivity index (χ0n) is 12.7. The van der Waals surface area contributed by atoms with Gasteiger partial charge in [-0.1, -0.05) is 24.8 Å². The van der Waals surface area contributed by atoms with Gasteiger partial charge in [-0.3, -0.25) is 4.79 Å². The van der Waals surface area contributed by atoms with E-state index >= 15 is 0 Å². The highest BCUT2D eigenvalue weighted by molar-refractivity contribution is 5.96. The van der Waals surface area contributed by atoms with Gasteiger partial charge in [0.1, 0.15) is 0 Å². The van der Waals surface area contributed by atoms with Crippen molar-refractivity contribution >= 4 is 5.91 Å². The van der Waals surface area contributed by atoms with E-state index in [4.69, 9.17) is 0 Å². The third-order valence-corrected chi connectivity index (χ3v) is 3.47. The van der Waals surface area contributed by atoms with E-state index in [1.165, 1.54) is 0 Å². The maximum absolute atomic E-state index is 12.4. The highest BCUT2D eigenvalue weighted by Crippen LogP contribution is 2.19. The summed E-state index contributed by atoms with van der Waals surface area (Å²) in [5.74, 6) is 0.128. The number of fused-ring (bicyclic) bond motifs is 1. The summed E-state index contributed by atoms with van der Waals surface area (Å²) in [6.45, 7) is 12.6. The number of nitrogens with one attached hydrogen (secondary N) is 1. The number of benzene rings is 1. The van der Waals surface area contributed by atoms with Crippen molar-refractivity contribution in [2.45, 2.75) is 32.7 Å². The second-order valence-electron chi connectivity index (χ2n) is 6.49. The summed E-state index contributed by atoms with van der Waals surface area (Å²) in [7, 11) is 0. The van der Waals surface area contributed by atoms with Crippen molar-refractivity contribution in [1.29, 1.82) is 0 Å². The average molecular weight is 272 g/mol. The highest BCUT2D eigenvalue weighted by Gasteiger charge is 2.24. The standard InChI is InChI=1S/C17H24N2O/c1-13(11-18-17(2,3)4)12-19-10-9-14-7-5-6-8-15(14)16(19)20/h5-8,18H,1,9-12H2,2-4H3. The fourth-order valence-corrected chi connectivity index (χ4v) is 2.34. The Balaban J connectivity index is 1.95. The molecule has 0 unspecified atom stereocenters. The monoisotopic (exact) mass is 272 g/mol. The van der Waals surface area contributed by atoms with Crippen molar-refractivity contribution in [2.24, 2.45) is 0 Å². The molecule has 0 aliphatic carbocycles. The average Bonchev–Trinajstić information content (AvgIpc) is 2.39. The molecule has 1 aliphatic heterocycles. The van der Waals surface area contributed by atoms with Crippen LogP contribution in [0.4, 0.5) is 0 Å². The van der Waals surface area contributed by atoms with Crippen LogP contribution in [0.1, 0.15) is 36.7 Å². The Bertz CT molecular complexity index is 514. The minimum Gasteiger partial charge on any atom is -0.334 e. The number of rotatable bonds is 4. The van der Waals surface area contributed by atoms with E-state index in [1.807, 2.05) is 29.2 Å². The molecule has 108 valence electrons. The molecule has 0 atom stereocenters. The molecule has 0 saturated carbocycles. The first-order valence-corrected chi connectivity index (χ1v) is 7.16. The predicted molar refractivity (Wildman–Crippen MR) is 82.9 cm³/mol. The van der Waals surface area contributed by atoms with Gasteiger partial charge in [-0.15, -0.1) is 0 Å². The second-order valence-corrected chi connectivity index (χ2v) is 6.49. The van der Waals surface area contributed by atoms with Crippen LogP contribution in [0.25, 0.3) is 0 Å². The van der Waals surface area contributed by atoms with Crippen LogP contribution in [0.3, 0.4) is 0 Å². The fraction of sp³-hybridized carbons (Fsp3) is 0.471. The zero-order valence-corrected chi connectivity index (χ0v) is 12.7. The van der Waals surface area contributed by atoms with Crippen LogP contribution < -0.4 is 5.32 Å². The normalized spacial score (nSPS) is 15.2. The molecule has 3 nitrogen and oxygen atoms in total. The van der Waals surface area contributed by atoms with Gasteiger partial charge < -0.3 is 10.2 Å². The first kappa shape index (κ1) is 14.8. The number of carbonyl (C=O) groups is 1. The number of amides is 1. The molecule has 1 heterocycles. The van der Waals surface area contributed by atoms with E-state index in [1.54, 1.807) is 0 Å². The van der Waals surface area contributed by atoms with E-state index in [2.05, 4.69) is 32.7 Å². The van der Waals surface area contributed by atoms with Gasteiger partial charge in [0.15, 0.2) is 0 Å². The molecule has 2 rings (SSSR count). The van der Waals surface area contributed by atoms with Crippen LogP contribution in [0.5, 0.6) is 0 Å². The lowest BCUT2D eigenvalue weighted by Gasteiger charge is -2.30. The van der Waals surface area contributed by atoms with Crippen LogP contribution in [-0.2, 0) is 6.42 Å². The summed E-state index contributed by atoms with van der Waals surface area (Å²) in [6, 6.07) is 7.88. The molecule has 1 N–H and O–H groups in total. The Labute approximate surface area is 121 Å². The van der Waals surface area contributed by atoms with Gasteiger partial charge in [0.2, 0.25) is 0 Å². The van der Waals surface area contributed by atoms with Gasteiger partial charge in [-0.25, -0.2) is 0 Å². The molecule has 1 aromatic carbocycles. The van der Waals surface area contributed by atoms with Crippen molar-refractivity contribution in [2.75, 3.05) is 19.6 Å². The SMILES string of the molecule is C=C(CNC(C)(C)C)CN1CCc2ccccc2C1=O. The largest absolute Gasteiger partial charge is 0.334 e. The Kier molecular flexibility index (Phi) is 4.29. The molecule has 3 heteroatoms. The molecule has 0 bridgehead atoms. The van der Waals surface area contributed by atoms with E-state index in [9.17, 15) is 4.79 Å². The fourth-order valence-electron chi connectivity index (χ4n) is 2.34. The maximum Gasteiger partial charge on any atom is 0.254 e. The summed E-state index contributed by atoms with van der Waals surface area (Å²) in [4.78, 5) is 14.3. The molecule has 1 aliphatic rings. The highest BCUT2D eigenvalue weighted by atomic mass is 16.2. The summed E-state index contributed by atoms with van der Waals surface area (Å²) in [5.41, 5.74) is 3.12. The zero-order chi connectivity index (χ0) is 14.8. The number of hydrogen-bond donors (Lipinski definition) is 1. The Morgan fingerprint density at radius 3 is 2.75 bits per heavy atom. The van der Waals surface area contributed by atoms with Crippen molar-refractivity contribution in [3.63, 3.8) is 0 Å². The molecular formula is C17H24N2O. The molecule has 1 aromatic rings. The number of hydrogen-bond acceptors (Lipinski definition) is 2. The van der Waals surface area contributed by atoms with Crippen LogP contribution in [-0.4, -0.2) is 36.0 Å². The third kappa shape index (κ3) is 3.70. The van der Waals surface area contributed by atoms with Gasteiger partial charge in [0.25, 0.3) is 5.91 Å². The quantitative estimate of drug-likeness (QED) is 0.855. The van der Waals surface area contributed by atoms with Crippen molar-refractivity contribution in [1.82, 2.24) is 10.2 Å². The van der Waals surface area contributed by atoms with Gasteiger partial charge >= 0.3 is 0 Å². The first-order chi connectivity index (χ1) is 9.37. The Hall–Kier alpha value is -1.61. The Morgan fingerprint density at radius 1 is 1.35 bits per heavy atom. The maximum atomic E-state index is 12.4. The molecule has 1 amide bonds. The van der Waals surface area contributed by atoms with E-state index in [0.717, 1.165) is 36.2 Å². The van der Waals surface area contributed by atoms with Gasteiger partial charge in [-0.2, -0.15) is 0 Å². The van der Waals surface area contributed by atoms with Crippen molar-refractivity contribution in [3.8, 4) is 0 Å². The minimum atomic E-state index is 0.0709. The predicted octanol–water partition coefficient (Wildman–Crippen LogP) is 2.63. The lowest BCUT2D eigenvalue weighted by atomic mass is 9.99. The van der Waals surface area contributed by atoms with Crippen LogP contribution in [0.15, 0.2) is 36.4 Å². The second kappa shape index (κ2) is 5.80. The molecule has 0 saturated heterocycles. The summed E-state index contributed by atoms with van der Waals surface area (Å²) in [6.07, 6.45) is 0.932. The molecule has 0 spiro atoms. The minimum absolute atomic E-state index is 0.0709. The van der Waals surface area contributed by atoms with E-state index in [0.29, 0.717) is 6.54 Å². The van der Waals surface area contributed by atoms with E-state index in [-0.39, 0.29) is 11.4 Å². The van der Waals surface area contributed by atoms with Crippen LogP contribution >= 0.6 is 0 Å². The third-order valence-electron chi connectivity index (χ3n) is 3.47. The molecule has 20 heavy (non-hydrogen) atoms. The molecule has 0 fully saturated rings.